The molecule has 0 saturated heterocycles. The maximum atomic E-state index is 3.64. The Bertz CT molecular complexity index is 1640. The van der Waals surface area contributed by atoms with Gasteiger partial charge in [0.15, 0.2) is 0 Å². The minimum atomic E-state index is -1.28. The lowest BCUT2D eigenvalue weighted by Crippen LogP contribution is -1.97. The number of hydrogen-bond acceptors (Lipinski definition) is 0. The minimum Gasteiger partial charge on any atom is -0.354 e. The van der Waals surface area contributed by atoms with Gasteiger partial charge in [-0.05, 0) is 70.0 Å². The standard InChI is InChI=1S/C29H21NS/c1-31(20-9-3-2-4-10-20)27-14-8-6-12-22(27)29-23-18-26-24(17-19(23)15-16-28(29)31)21-11-5-7-13-25(21)30-26/h2-18,30H,1H3. The molecule has 148 valence electrons. The van der Waals surface area contributed by atoms with Crippen molar-refractivity contribution in [3.63, 3.8) is 0 Å². The van der Waals surface area contributed by atoms with Gasteiger partial charge >= 0.3 is 0 Å². The van der Waals surface area contributed by atoms with Crippen LogP contribution in [0.4, 0.5) is 0 Å². The van der Waals surface area contributed by atoms with Crippen molar-refractivity contribution in [2.24, 2.45) is 0 Å². The smallest absolute Gasteiger partial charge is 0.0471 e. The van der Waals surface area contributed by atoms with E-state index in [4.69, 9.17) is 0 Å². The van der Waals surface area contributed by atoms with E-state index in [-0.39, 0.29) is 0 Å². The molecule has 5 aromatic carbocycles. The second-order valence-corrected chi connectivity index (χ2v) is 11.6. The zero-order valence-electron chi connectivity index (χ0n) is 17.2. The van der Waals surface area contributed by atoms with Crippen LogP contribution < -0.4 is 0 Å². The Balaban J connectivity index is 1.62. The van der Waals surface area contributed by atoms with Gasteiger partial charge in [0.25, 0.3) is 0 Å². The molecule has 0 saturated carbocycles. The van der Waals surface area contributed by atoms with E-state index in [1.165, 1.54) is 58.4 Å². The van der Waals surface area contributed by atoms with Gasteiger partial charge in [0.05, 0.1) is 0 Å². The van der Waals surface area contributed by atoms with Crippen molar-refractivity contribution in [2.45, 2.75) is 14.7 Å². The highest BCUT2D eigenvalue weighted by molar-refractivity contribution is 8.33. The molecule has 0 radical (unpaired) electrons. The summed E-state index contributed by atoms with van der Waals surface area (Å²) in [5, 5.41) is 5.24. The van der Waals surface area contributed by atoms with E-state index in [1.807, 2.05) is 0 Å². The van der Waals surface area contributed by atoms with Gasteiger partial charge in [-0.3, -0.25) is 0 Å². The van der Waals surface area contributed by atoms with Crippen LogP contribution in [-0.2, 0) is 0 Å². The summed E-state index contributed by atoms with van der Waals surface area (Å²) < 4.78 is 0. The van der Waals surface area contributed by atoms with Gasteiger partial charge in [-0.1, -0.05) is 60.7 Å². The molecule has 2 heterocycles. The third-order valence-electron chi connectivity index (χ3n) is 6.86. The van der Waals surface area contributed by atoms with E-state index in [9.17, 15) is 0 Å². The van der Waals surface area contributed by atoms with Gasteiger partial charge in [0, 0.05) is 37.2 Å². The van der Waals surface area contributed by atoms with Crippen molar-refractivity contribution in [1.82, 2.24) is 4.98 Å². The summed E-state index contributed by atoms with van der Waals surface area (Å²) in [6.45, 7) is 0. The van der Waals surface area contributed by atoms with Gasteiger partial charge in [-0.15, -0.1) is 0 Å². The third-order valence-corrected chi connectivity index (χ3v) is 10.5. The lowest BCUT2D eigenvalue weighted by Gasteiger charge is -2.34. The number of benzene rings is 5. The van der Waals surface area contributed by atoms with Crippen LogP contribution in [0.15, 0.2) is 118 Å². The Morgan fingerprint density at radius 3 is 2.26 bits per heavy atom. The zero-order chi connectivity index (χ0) is 20.6. The minimum absolute atomic E-state index is 1.20. The average molecular weight is 416 g/mol. The molecular formula is C29H21NS. The maximum Gasteiger partial charge on any atom is 0.0471 e. The zero-order valence-corrected chi connectivity index (χ0v) is 18.0. The molecule has 1 atom stereocenters. The molecule has 1 nitrogen and oxygen atoms in total. The monoisotopic (exact) mass is 415 g/mol. The lowest BCUT2D eigenvalue weighted by atomic mass is 9.97. The summed E-state index contributed by atoms with van der Waals surface area (Å²) in [6.07, 6.45) is 2.46. The number of nitrogens with one attached hydrogen (secondary N) is 1. The Hall–Kier alpha value is -3.49. The van der Waals surface area contributed by atoms with Crippen LogP contribution in [-0.4, -0.2) is 11.2 Å². The van der Waals surface area contributed by atoms with Crippen LogP contribution in [0.25, 0.3) is 43.7 Å². The predicted octanol–water partition coefficient (Wildman–Crippen LogP) is 8.37. The molecule has 1 aliphatic heterocycles. The summed E-state index contributed by atoms with van der Waals surface area (Å²) in [5.41, 5.74) is 5.21. The molecule has 31 heavy (non-hydrogen) atoms. The van der Waals surface area contributed by atoms with Crippen molar-refractivity contribution in [1.29, 1.82) is 0 Å². The number of aromatic nitrogens is 1. The van der Waals surface area contributed by atoms with E-state index < -0.39 is 10.0 Å². The van der Waals surface area contributed by atoms with Crippen molar-refractivity contribution < 1.29 is 0 Å². The normalized spacial score (nSPS) is 19.4. The number of fused-ring (bicyclic) bond motifs is 8. The second kappa shape index (κ2) is 6.03. The topological polar surface area (TPSA) is 15.8 Å². The number of hydrogen-bond donors (Lipinski definition) is 1. The first-order valence-electron chi connectivity index (χ1n) is 10.7. The Kier molecular flexibility index (Phi) is 3.35. The summed E-state index contributed by atoms with van der Waals surface area (Å²) in [5.74, 6) is 0. The van der Waals surface area contributed by atoms with E-state index >= 15 is 0 Å². The summed E-state index contributed by atoms with van der Waals surface area (Å²) >= 11 is 0. The van der Waals surface area contributed by atoms with Crippen LogP contribution in [0.1, 0.15) is 0 Å². The largest absolute Gasteiger partial charge is 0.354 e. The maximum absolute atomic E-state index is 3.64. The van der Waals surface area contributed by atoms with E-state index in [2.05, 4.69) is 114 Å². The van der Waals surface area contributed by atoms with Crippen LogP contribution in [0.5, 0.6) is 0 Å². The molecule has 7 rings (SSSR count). The molecule has 0 aliphatic carbocycles. The number of aromatic amines is 1. The fourth-order valence-electron chi connectivity index (χ4n) is 5.36. The molecular weight excluding hydrogens is 394 g/mol. The fourth-order valence-corrected chi connectivity index (χ4v) is 8.74. The highest BCUT2D eigenvalue weighted by atomic mass is 32.3. The molecule has 2 heteroatoms. The first-order chi connectivity index (χ1) is 15.2. The summed E-state index contributed by atoms with van der Waals surface area (Å²) in [7, 11) is -1.28. The van der Waals surface area contributed by atoms with Crippen LogP contribution >= 0.6 is 10.0 Å². The quantitative estimate of drug-likeness (QED) is 0.278. The first-order valence-corrected chi connectivity index (χ1v) is 12.7. The van der Waals surface area contributed by atoms with Gasteiger partial charge in [-0.25, -0.2) is 0 Å². The number of para-hydroxylation sites is 1. The summed E-state index contributed by atoms with van der Waals surface area (Å²) in [4.78, 5) is 8.02. The van der Waals surface area contributed by atoms with Crippen LogP contribution in [0, 0.1) is 0 Å². The van der Waals surface area contributed by atoms with Crippen LogP contribution in [0.3, 0.4) is 0 Å². The molecule has 1 aliphatic rings. The van der Waals surface area contributed by atoms with Crippen molar-refractivity contribution >= 4 is 42.6 Å². The Morgan fingerprint density at radius 1 is 0.581 bits per heavy atom. The second-order valence-electron chi connectivity index (χ2n) is 8.46. The van der Waals surface area contributed by atoms with Crippen molar-refractivity contribution in [2.75, 3.05) is 6.26 Å². The SMILES string of the molecule is CS1(c2ccccc2)c2ccccc2-c2c1ccc1cc3c(cc21)[nH]c1ccccc13. The highest BCUT2D eigenvalue weighted by Gasteiger charge is 2.37. The molecule has 0 bridgehead atoms. The molecule has 1 aromatic heterocycles. The highest BCUT2D eigenvalue weighted by Crippen LogP contribution is 2.74. The van der Waals surface area contributed by atoms with Crippen LogP contribution in [0.2, 0.25) is 0 Å². The van der Waals surface area contributed by atoms with Gasteiger partial charge < -0.3 is 4.98 Å². The molecule has 0 fully saturated rings. The van der Waals surface area contributed by atoms with Crippen molar-refractivity contribution in [3.05, 3.63) is 103 Å². The van der Waals surface area contributed by atoms with E-state index in [0.29, 0.717) is 0 Å². The summed E-state index contributed by atoms with van der Waals surface area (Å²) in [6, 6.07) is 38.1. The van der Waals surface area contributed by atoms with Gasteiger partial charge in [-0.2, -0.15) is 10.0 Å². The predicted molar refractivity (Wildman–Crippen MR) is 134 cm³/mol. The number of H-pyrrole nitrogens is 1. The Labute approximate surface area is 182 Å². The van der Waals surface area contributed by atoms with Gasteiger partial charge in [0.1, 0.15) is 0 Å². The van der Waals surface area contributed by atoms with Crippen molar-refractivity contribution in [3.8, 4) is 11.1 Å². The molecule has 1 unspecified atom stereocenters. The molecule has 0 amide bonds. The van der Waals surface area contributed by atoms with E-state index in [1.54, 1.807) is 0 Å². The molecule has 6 aromatic rings. The average Bonchev–Trinajstić information content (AvgIpc) is 3.32. The van der Waals surface area contributed by atoms with Gasteiger partial charge in [0.2, 0.25) is 0 Å². The fraction of sp³-hybridized carbons (Fsp3) is 0.0345. The Morgan fingerprint density at radius 2 is 1.35 bits per heavy atom. The third kappa shape index (κ3) is 2.18. The molecule has 1 N–H and O–H groups in total. The lowest BCUT2D eigenvalue weighted by molar-refractivity contribution is 1.37. The molecule has 0 spiro atoms. The number of rotatable bonds is 1. The van der Waals surface area contributed by atoms with E-state index in [0.717, 1.165) is 0 Å². The first kappa shape index (κ1) is 17.2.